The van der Waals surface area contributed by atoms with E-state index in [1.165, 1.54) is 5.56 Å². The first kappa shape index (κ1) is 16.6. The van der Waals surface area contributed by atoms with Gasteiger partial charge in [0.1, 0.15) is 11.5 Å². The third-order valence-corrected chi connectivity index (χ3v) is 5.01. The minimum absolute atomic E-state index is 0.367. The monoisotopic (exact) mass is 320 g/mol. The summed E-state index contributed by atoms with van der Waals surface area (Å²) in [5.41, 5.74) is 1.25. The van der Waals surface area contributed by atoms with E-state index in [0.717, 1.165) is 63.7 Å². The van der Waals surface area contributed by atoms with E-state index in [4.69, 9.17) is 14.2 Å². The van der Waals surface area contributed by atoms with Crippen LogP contribution in [-0.2, 0) is 4.74 Å². The molecule has 0 unspecified atom stereocenters. The van der Waals surface area contributed by atoms with E-state index in [-0.39, 0.29) is 0 Å². The molecule has 5 heteroatoms. The third kappa shape index (κ3) is 3.79. The summed E-state index contributed by atoms with van der Waals surface area (Å²) in [6.07, 6.45) is 2.21. The maximum absolute atomic E-state index is 5.68. The summed E-state index contributed by atoms with van der Waals surface area (Å²) in [6.45, 7) is 5.96. The molecule has 2 aliphatic heterocycles. The van der Waals surface area contributed by atoms with E-state index in [1.54, 1.807) is 14.2 Å². The number of rotatable bonds is 5. The lowest BCUT2D eigenvalue weighted by Crippen LogP contribution is -2.47. The van der Waals surface area contributed by atoms with E-state index in [1.807, 2.05) is 12.1 Å². The zero-order valence-corrected chi connectivity index (χ0v) is 14.2. The lowest BCUT2D eigenvalue weighted by atomic mass is 9.85. The predicted molar refractivity (Wildman–Crippen MR) is 90.3 cm³/mol. The average molecular weight is 320 g/mol. The number of hydrogen-bond donors (Lipinski definition) is 1. The second-order valence-electron chi connectivity index (χ2n) is 6.29. The normalized spacial score (nSPS) is 21.8. The largest absolute Gasteiger partial charge is 0.497 e. The summed E-state index contributed by atoms with van der Waals surface area (Å²) in [5.74, 6) is 2.46. The summed E-state index contributed by atoms with van der Waals surface area (Å²) < 4.78 is 16.7. The SMILES string of the molecule is COc1ccc(OC)c([C@@H](C2CCOCC2)N2CCNCC2)c1. The van der Waals surface area contributed by atoms with Crippen LogP contribution in [0.15, 0.2) is 18.2 Å². The lowest BCUT2D eigenvalue weighted by molar-refractivity contribution is 0.0206. The van der Waals surface area contributed by atoms with Crippen molar-refractivity contribution in [3.63, 3.8) is 0 Å². The highest BCUT2D eigenvalue weighted by molar-refractivity contribution is 5.42. The van der Waals surface area contributed by atoms with Crippen LogP contribution in [0, 0.1) is 5.92 Å². The van der Waals surface area contributed by atoms with Crippen molar-refractivity contribution in [3.8, 4) is 11.5 Å². The Bertz CT molecular complexity index is 479. The molecule has 2 heterocycles. The van der Waals surface area contributed by atoms with Crippen molar-refractivity contribution in [2.24, 2.45) is 5.92 Å². The van der Waals surface area contributed by atoms with Gasteiger partial charge < -0.3 is 19.5 Å². The maximum Gasteiger partial charge on any atom is 0.123 e. The molecule has 2 aliphatic rings. The molecular weight excluding hydrogens is 292 g/mol. The summed E-state index contributed by atoms with van der Waals surface area (Å²) in [7, 11) is 3.48. The summed E-state index contributed by atoms with van der Waals surface area (Å²) in [6, 6.07) is 6.52. The second-order valence-corrected chi connectivity index (χ2v) is 6.29. The number of nitrogens with zero attached hydrogens (tertiary/aromatic N) is 1. The Hall–Kier alpha value is -1.30. The van der Waals surface area contributed by atoms with Gasteiger partial charge in [0.15, 0.2) is 0 Å². The van der Waals surface area contributed by atoms with Crippen molar-refractivity contribution in [1.82, 2.24) is 10.2 Å². The summed E-state index contributed by atoms with van der Waals surface area (Å²) in [5, 5.41) is 3.45. The minimum atomic E-state index is 0.367. The molecule has 0 aromatic heterocycles. The van der Waals surface area contributed by atoms with Gasteiger partial charge in [-0.05, 0) is 37.0 Å². The number of piperazine rings is 1. The van der Waals surface area contributed by atoms with Crippen LogP contribution in [0.3, 0.4) is 0 Å². The second kappa shape index (κ2) is 7.99. The fraction of sp³-hybridized carbons (Fsp3) is 0.667. The number of methoxy groups -OCH3 is 2. The Morgan fingerprint density at radius 3 is 2.52 bits per heavy atom. The van der Waals surface area contributed by atoms with Gasteiger partial charge in [-0.25, -0.2) is 0 Å². The highest BCUT2D eigenvalue weighted by Crippen LogP contribution is 2.40. The van der Waals surface area contributed by atoms with Gasteiger partial charge in [0.05, 0.1) is 14.2 Å². The van der Waals surface area contributed by atoms with Crippen LogP contribution in [0.5, 0.6) is 11.5 Å². The van der Waals surface area contributed by atoms with Gasteiger partial charge >= 0.3 is 0 Å². The molecule has 2 fully saturated rings. The van der Waals surface area contributed by atoms with Crippen LogP contribution in [0.1, 0.15) is 24.4 Å². The van der Waals surface area contributed by atoms with Gasteiger partial charge in [-0.3, -0.25) is 4.90 Å². The van der Waals surface area contributed by atoms with Gasteiger partial charge in [-0.15, -0.1) is 0 Å². The van der Waals surface area contributed by atoms with Crippen LogP contribution in [-0.4, -0.2) is 58.5 Å². The molecule has 23 heavy (non-hydrogen) atoms. The molecule has 0 saturated carbocycles. The van der Waals surface area contributed by atoms with Crippen molar-refractivity contribution in [3.05, 3.63) is 23.8 Å². The van der Waals surface area contributed by atoms with E-state index in [2.05, 4.69) is 16.3 Å². The molecule has 0 aliphatic carbocycles. The van der Waals surface area contributed by atoms with Crippen LogP contribution in [0.4, 0.5) is 0 Å². The Morgan fingerprint density at radius 2 is 1.87 bits per heavy atom. The Balaban J connectivity index is 1.95. The third-order valence-electron chi connectivity index (χ3n) is 5.01. The quantitative estimate of drug-likeness (QED) is 0.900. The van der Waals surface area contributed by atoms with Crippen molar-refractivity contribution in [1.29, 1.82) is 0 Å². The van der Waals surface area contributed by atoms with Gasteiger partial charge in [-0.1, -0.05) is 0 Å². The average Bonchev–Trinajstić information content (AvgIpc) is 2.63. The number of hydrogen-bond acceptors (Lipinski definition) is 5. The van der Waals surface area contributed by atoms with Crippen LogP contribution >= 0.6 is 0 Å². The molecule has 1 aromatic rings. The lowest BCUT2D eigenvalue weighted by Gasteiger charge is -2.41. The molecule has 128 valence electrons. The smallest absolute Gasteiger partial charge is 0.123 e. The van der Waals surface area contributed by atoms with Crippen molar-refractivity contribution in [2.45, 2.75) is 18.9 Å². The topological polar surface area (TPSA) is 43.0 Å². The van der Waals surface area contributed by atoms with E-state index in [9.17, 15) is 0 Å². The molecule has 0 spiro atoms. The zero-order valence-electron chi connectivity index (χ0n) is 14.2. The fourth-order valence-electron chi connectivity index (χ4n) is 3.81. The van der Waals surface area contributed by atoms with Gasteiger partial charge in [0.25, 0.3) is 0 Å². The first-order chi connectivity index (χ1) is 11.3. The summed E-state index contributed by atoms with van der Waals surface area (Å²) >= 11 is 0. The predicted octanol–water partition coefficient (Wildman–Crippen LogP) is 2.08. The molecule has 0 radical (unpaired) electrons. The van der Waals surface area contributed by atoms with Crippen molar-refractivity contribution < 1.29 is 14.2 Å². The maximum atomic E-state index is 5.68. The Labute approximate surface area is 138 Å². The number of ether oxygens (including phenoxy) is 3. The fourth-order valence-corrected chi connectivity index (χ4v) is 3.81. The highest BCUT2D eigenvalue weighted by atomic mass is 16.5. The van der Waals surface area contributed by atoms with E-state index < -0.39 is 0 Å². The van der Waals surface area contributed by atoms with Crippen LogP contribution in [0.2, 0.25) is 0 Å². The molecule has 1 aromatic carbocycles. The first-order valence-corrected chi connectivity index (χ1v) is 8.58. The van der Waals surface area contributed by atoms with E-state index >= 15 is 0 Å². The molecule has 3 rings (SSSR count). The van der Waals surface area contributed by atoms with Crippen molar-refractivity contribution >= 4 is 0 Å². The minimum Gasteiger partial charge on any atom is -0.497 e. The summed E-state index contributed by atoms with van der Waals surface area (Å²) in [4.78, 5) is 2.60. The molecule has 0 amide bonds. The Morgan fingerprint density at radius 1 is 1.13 bits per heavy atom. The van der Waals surface area contributed by atoms with Gasteiger partial charge in [0.2, 0.25) is 0 Å². The van der Waals surface area contributed by atoms with Gasteiger partial charge in [-0.2, -0.15) is 0 Å². The highest BCUT2D eigenvalue weighted by Gasteiger charge is 2.33. The molecule has 2 saturated heterocycles. The zero-order chi connectivity index (χ0) is 16.1. The number of benzene rings is 1. The van der Waals surface area contributed by atoms with E-state index in [0.29, 0.717) is 12.0 Å². The molecule has 0 bridgehead atoms. The van der Waals surface area contributed by atoms with Crippen molar-refractivity contribution in [2.75, 3.05) is 53.6 Å². The standard InChI is InChI=1S/C18H28N2O3/c1-21-15-3-4-17(22-2)16(13-15)18(14-5-11-23-12-6-14)20-9-7-19-8-10-20/h3-4,13-14,18-19H,5-12H2,1-2H3/t18-/m1/s1. The van der Waals surface area contributed by atoms with Crippen LogP contribution < -0.4 is 14.8 Å². The molecular formula is C18H28N2O3. The molecule has 1 N–H and O–H groups in total. The Kier molecular flexibility index (Phi) is 5.75. The first-order valence-electron chi connectivity index (χ1n) is 8.58. The molecule has 1 atom stereocenters. The molecule has 5 nitrogen and oxygen atoms in total. The van der Waals surface area contributed by atoms with Crippen LogP contribution in [0.25, 0.3) is 0 Å². The van der Waals surface area contributed by atoms with Gasteiger partial charge in [0, 0.05) is 51.0 Å². The number of nitrogens with one attached hydrogen (secondary N) is 1.